The van der Waals surface area contributed by atoms with E-state index in [1.807, 2.05) is 54.9 Å². The Kier molecular flexibility index (Phi) is 7.01. The third-order valence-electron chi connectivity index (χ3n) is 4.07. The number of hydrogen-bond donors (Lipinski definition) is 2. The molecule has 0 bridgehead atoms. The van der Waals surface area contributed by atoms with E-state index in [0.717, 1.165) is 10.6 Å². The van der Waals surface area contributed by atoms with E-state index in [1.165, 1.54) is 18.3 Å². The molecule has 0 aliphatic heterocycles. The molecule has 0 fully saturated rings. The SMILES string of the molecule is CC(=O)N[C@H](CC(=O)NC[C@H](C)N(C)c1ccccc1)c1cccs1. The van der Waals surface area contributed by atoms with E-state index in [9.17, 15) is 9.59 Å². The van der Waals surface area contributed by atoms with E-state index in [0.29, 0.717) is 6.54 Å². The van der Waals surface area contributed by atoms with Crippen LogP contribution in [0, 0.1) is 0 Å². The molecule has 1 heterocycles. The average molecular weight is 359 g/mol. The Morgan fingerprint density at radius 2 is 1.88 bits per heavy atom. The van der Waals surface area contributed by atoms with Crippen molar-refractivity contribution in [1.82, 2.24) is 10.6 Å². The first kappa shape index (κ1) is 19.0. The molecule has 0 saturated heterocycles. The van der Waals surface area contributed by atoms with Gasteiger partial charge in [-0.3, -0.25) is 9.59 Å². The molecule has 0 radical (unpaired) electrons. The van der Waals surface area contributed by atoms with Gasteiger partial charge in [-0.2, -0.15) is 0 Å². The number of likely N-dealkylation sites (N-methyl/N-ethyl adjacent to an activating group) is 1. The number of benzene rings is 1. The Morgan fingerprint density at radius 3 is 2.48 bits per heavy atom. The monoisotopic (exact) mass is 359 g/mol. The highest BCUT2D eigenvalue weighted by Gasteiger charge is 2.19. The van der Waals surface area contributed by atoms with Crippen molar-refractivity contribution in [3.05, 3.63) is 52.7 Å². The second kappa shape index (κ2) is 9.22. The van der Waals surface area contributed by atoms with Gasteiger partial charge in [0.1, 0.15) is 0 Å². The van der Waals surface area contributed by atoms with Crippen molar-refractivity contribution in [1.29, 1.82) is 0 Å². The summed E-state index contributed by atoms with van der Waals surface area (Å²) in [4.78, 5) is 26.8. The molecule has 1 aromatic carbocycles. The fourth-order valence-corrected chi connectivity index (χ4v) is 3.31. The maximum Gasteiger partial charge on any atom is 0.222 e. The Balaban J connectivity index is 1.87. The maximum absolute atomic E-state index is 12.3. The highest BCUT2D eigenvalue weighted by atomic mass is 32.1. The summed E-state index contributed by atoms with van der Waals surface area (Å²) < 4.78 is 0. The van der Waals surface area contributed by atoms with Gasteiger partial charge in [0.05, 0.1) is 12.5 Å². The molecular weight excluding hydrogens is 334 g/mol. The van der Waals surface area contributed by atoms with E-state index < -0.39 is 0 Å². The van der Waals surface area contributed by atoms with E-state index in [-0.39, 0.29) is 30.3 Å². The van der Waals surface area contributed by atoms with Crippen LogP contribution >= 0.6 is 11.3 Å². The number of hydrogen-bond acceptors (Lipinski definition) is 4. The normalized spacial score (nSPS) is 12.9. The standard InChI is InChI=1S/C19H25N3O2S/c1-14(22(3)16-8-5-4-6-9-16)13-20-19(24)12-17(21-15(2)23)18-10-7-11-25-18/h4-11,14,17H,12-13H2,1-3H3,(H,20,24)(H,21,23)/t14-,17+/m0/s1. The van der Waals surface area contributed by atoms with Crippen LogP contribution in [-0.2, 0) is 9.59 Å². The van der Waals surface area contributed by atoms with Gasteiger partial charge in [-0.15, -0.1) is 11.3 Å². The van der Waals surface area contributed by atoms with Crippen LogP contribution in [0.2, 0.25) is 0 Å². The summed E-state index contributed by atoms with van der Waals surface area (Å²) in [6.45, 7) is 4.08. The van der Waals surface area contributed by atoms with Crippen LogP contribution in [0.25, 0.3) is 0 Å². The Labute approximate surface area is 153 Å². The number of nitrogens with zero attached hydrogens (tertiary/aromatic N) is 1. The Morgan fingerprint density at radius 1 is 1.16 bits per heavy atom. The number of para-hydroxylation sites is 1. The van der Waals surface area contributed by atoms with Crippen LogP contribution in [0.3, 0.4) is 0 Å². The van der Waals surface area contributed by atoms with E-state index in [1.54, 1.807) is 0 Å². The molecule has 0 aliphatic carbocycles. The van der Waals surface area contributed by atoms with Gasteiger partial charge in [-0.1, -0.05) is 24.3 Å². The minimum absolute atomic E-state index is 0.0690. The predicted molar refractivity (Wildman–Crippen MR) is 103 cm³/mol. The summed E-state index contributed by atoms with van der Waals surface area (Å²) in [5.41, 5.74) is 1.11. The molecule has 0 spiro atoms. The highest BCUT2D eigenvalue weighted by Crippen LogP contribution is 2.22. The quantitative estimate of drug-likeness (QED) is 0.762. The molecule has 2 N–H and O–H groups in total. The van der Waals surface area contributed by atoms with Crippen molar-refractivity contribution in [3.63, 3.8) is 0 Å². The number of thiophene rings is 1. The molecule has 134 valence electrons. The maximum atomic E-state index is 12.3. The van der Waals surface area contributed by atoms with Crippen molar-refractivity contribution in [2.24, 2.45) is 0 Å². The van der Waals surface area contributed by atoms with Crippen LogP contribution in [-0.4, -0.2) is 31.4 Å². The minimum Gasteiger partial charge on any atom is -0.370 e. The zero-order valence-electron chi connectivity index (χ0n) is 14.9. The first-order chi connectivity index (χ1) is 12.0. The summed E-state index contributed by atoms with van der Waals surface area (Å²) in [5, 5.41) is 7.76. The van der Waals surface area contributed by atoms with E-state index in [2.05, 4.69) is 22.5 Å². The van der Waals surface area contributed by atoms with Gasteiger partial charge >= 0.3 is 0 Å². The molecule has 5 nitrogen and oxygen atoms in total. The summed E-state index contributed by atoms with van der Waals surface area (Å²) in [6.07, 6.45) is 0.238. The highest BCUT2D eigenvalue weighted by molar-refractivity contribution is 7.10. The van der Waals surface area contributed by atoms with Crippen molar-refractivity contribution >= 4 is 28.8 Å². The lowest BCUT2D eigenvalue weighted by atomic mass is 10.1. The number of anilines is 1. The van der Waals surface area contributed by atoms with Crippen molar-refractivity contribution in [2.45, 2.75) is 32.4 Å². The average Bonchev–Trinajstić information content (AvgIpc) is 3.13. The van der Waals surface area contributed by atoms with E-state index in [4.69, 9.17) is 0 Å². The molecule has 1 aromatic heterocycles. The Bertz CT molecular complexity index is 673. The van der Waals surface area contributed by atoms with Gasteiger partial charge in [0.15, 0.2) is 0 Å². The lowest BCUT2D eigenvalue weighted by molar-refractivity contribution is -0.122. The molecule has 25 heavy (non-hydrogen) atoms. The van der Waals surface area contributed by atoms with Crippen LogP contribution < -0.4 is 15.5 Å². The lowest BCUT2D eigenvalue weighted by Crippen LogP contribution is -2.41. The zero-order valence-corrected chi connectivity index (χ0v) is 15.7. The first-order valence-corrected chi connectivity index (χ1v) is 9.20. The number of amides is 2. The number of nitrogens with one attached hydrogen (secondary N) is 2. The lowest BCUT2D eigenvalue weighted by Gasteiger charge is -2.27. The van der Waals surface area contributed by atoms with Crippen LogP contribution in [0.1, 0.15) is 31.2 Å². The molecule has 2 aromatic rings. The second-order valence-corrected chi connectivity index (χ2v) is 7.05. The molecular formula is C19H25N3O2S. The third-order valence-corrected chi connectivity index (χ3v) is 5.06. The second-order valence-electron chi connectivity index (χ2n) is 6.07. The number of rotatable bonds is 8. The topological polar surface area (TPSA) is 61.4 Å². The molecule has 0 saturated carbocycles. The number of carbonyl (C=O) groups excluding carboxylic acids is 2. The molecule has 2 atom stereocenters. The summed E-state index contributed by atoms with van der Waals surface area (Å²) in [7, 11) is 2.01. The summed E-state index contributed by atoms with van der Waals surface area (Å²) in [6, 6.07) is 13.8. The zero-order chi connectivity index (χ0) is 18.2. The number of carbonyl (C=O) groups is 2. The fraction of sp³-hybridized carbons (Fsp3) is 0.368. The van der Waals surface area contributed by atoms with Crippen molar-refractivity contribution in [3.8, 4) is 0 Å². The molecule has 2 rings (SSSR count). The van der Waals surface area contributed by atoms with Gasteiger partial charge in [0.25, 0.3) is 0 Å². The van der Waals surface area contributed by atoms with Gasteiger partial charge < -0.3 is 15.5 Å². The minimum atomic E-state index is -0.278. The summed E-state index contributed by atoms with van der Waals surface area (Å²) in [5.74, 6) is -0.205. The molecule has 6 heteroatoms. The van der Waals surface area contributed by atoms with Crippen LogP contribution in [0.15, 0.2) is 47.8 Å². The van der Waals surface area contributed by atoms with Crippen molar-refractivity contribution < 1.29 is 9.59 Å². The predicted octanol–water partition coefficient (Wildman–Crippen LogP) is 2.96. The largest absolute Gasteiger partial charge is 0.370 e. The van der Waals surface area contributed by atoms with Gasteiger partial charge in [-0.05, 0) is 30.5 Å². The Hall–Kier alpha value is -2.34. The fourth-order valence-electron chi connectivity index (χ4n) is 2.53. The molecule has 0 unspecified atom stereocenters. The first-order valence-electron chi connectivity index (χ1n) is 8.32. The third kappa shape index (κ3) is 5.90. The van der Waals surface area contributed by atoms with Crippen LogP contribution in [0.5, 0.6) is 0 Å². The molecule has 0 aliphatic rings. The van der Waals surface area contributed by atoms with Gasteiger partial charge in [0.2, 0.25) is 11.8 Å². The van der Waals surface area contributed by atoms with Crippen LogP contribution in [0.4, 0.5) is 5.69 Å². The molecule has 2 amide bonds. The summed E-state index contributed by atoms with van der Waals surface area (Å²) >= 11 is 1.54. The smallest absolute Gasteiger partial charge is 0.222 e. The van der Waals surface area contributed by atoms with E-state index >= 15 is 0 Å². The van der Waals surface area contributed by atoms with Gasteiger partial charge in [0, 0.05) is 37.1 Å². The van der Waals surface area contributed by atoms with Crippen molar-refractivity contribution in [2.75, 3.05) is 18.5 Å². The van der Waals surface area contributed by atoms with Gasteiger partial charge in [-0.25, -0.2) is 0 Å².